The summed E-state index contributed by atoms with van der Waals surface area (Å²) < 4.78 is 5.61. The molecule has 1 unspecified atom stereocenters. The zero-order valence-corrected chi connectivity index (χ0v) is 10.8. The first-order valence-corrected chi connectivity index (χ1v) is 6.24. The molecule has 0 amide bonds. The molecule has 1 aromatic rings. The van der Waals surface area contributed by atoms with Crippen molar-refractivity contribution in [2.45, 2.75) is 32.2 Å². The molecule has 1 aromatic carbocycles. The molecular formula is C14H23NO2. The summed E-state index contributed by atoms with van der Waals surface area (Å²) in [7, 11) is 0. The van der Waals surface area contributed by atoms with Crippen LogP contribution in [0.1, 0.15) is 26.7 Å². The van der Waals surface area contributed by atoms with E-state index in [1.807, 2.05) is 44.2 Å². The molecule has 0 aliphatic rings. The molecule has 17 heavy (non-hydrogen) atoms. The summed E-state index contributed by atoms with van der Waals surface area (Å²) in [5.74, 6) is 0.904. The monoisotopic (exact) mass is 237 g/mol. The van der Waals surface area contributed by atoms with E-state index in [0.29, 0.717) is 6.61 Å². The predicted octanol–water partition coefficient (Wildman–Crippen LogP) is 2.21. The van der Waals surface area contributed by atoms with Gasteiger partial charge < -0.3 is 15.2 Å². The summed E-state index contributed by atoms with van der Waals surface area (Å²) >= 11 is 0. The summed E-state index contributed by atoms with van der Waals surface area (Å²) in [6, 6.07) is 9.81. The molecular weight excluding hydrogens is 214 g/mol. The van der Waals surface area contributed by atoms with E-state index in [2.05, 4.69) is 5.32 Å². The van der Waals surface area contributed by atoms with Gasteiger partial charge in [0.2, 0.25) is 0 Å². The predicted molar refractivity (Wildman–Crippen MR) is 70.3 cm³/mol. The Labute approximate surface area is 104 Å². The van der Waals surface area contributed by atoms with Gasteiger partial charge in [-0.05, 0) is 38.4 Å². The van der Waals surface area contributed by atoms with Gasteiger partial charge in [-0.25, -0.2) is 0 Å². The van der Waals surface area contributed by atoms with Crippen molar-refractivity contribution >= 4 is 0 Å². The molecule has 0 saturated carbocycles. The number of aliphatic hydroxyl groups is 1. The maximum Gasteiger partial charge on any atom is 0.119 e. The highest BCUT2D eigenvalue weighted by atomic mass is 16.5. The van der Waals surface area contributed by atoms with Crippen LogP contribution in [0.5, 0.6) is 5.75 Å². The van der Waals surface area contributed by atoms with Crippen LogP contribution >= 0.6 is 0 Å². The van der Waals surface area contributed by atoms with Gasteiger partial charge in [0.25, 0.3) is 0 Å². The minimum Gasteiger partial charge on any atom is -0.494 e. The highest BCUT2D eigenvalue weighted by Gasteiger charge is 2.20. The Morgan fingerprint density at radius 1 is 1.29 bits per heavy atom. The van der Waals surface area contributed by atoms with Crippen LogP contribution in [-0.4, -0.2) is 30.4 Å². The number of rotatable bonds is 8. The first kappa shape index (κ1) is 14.0. The van der Waals surface area contributed by atoms with E-state index in [1.165, 1.54) is 0 Å². The number of aliphatic hydroxyl groups excluding tert-OH is 1. The molecule has 0 radical (unpaired) electrons. The highest BCUT2D eigenvalue weighted by molar-refractivity contribution is 5.20. The number of ether oxygens (including phenoxy) is 1. The molecule has 3 heteroatoms. The largest absolute Gasteiger partial charge is 0.494 e. The van der Waals surface area contributed by atoms with E-state index < -0.39 is 0 Å². The van der Waals surface area contributed by atoms with Crippen molar-refractivity contribution in [3.63, 3.8) is 0 Å². The summed E-state index contributed by atoms with van der Waals surface area (Å²) in [5, 5.41) is 12.6. The number of hydrogen-bond acceptors (Lipinski definition) is 3. The fourth-order valence-electron chi connectivity index (χ4n) is 1.82. The molecule has 1 atom stereocenters. The third-order valence-corrected chi connectivity index (χ3v) is 2.84. The second kappa shape index (κ2) is 7.30. The first-order chi connectivity index (χ1) is 8.20. The van der Waals surface area contributed by atoms with Gasteiger partial charge in [-0.3, -0.25) is 0 Å². The number of nitrogens with one attached hydrogen (secondary N) is 1. The Morgan fingerprint density at radius 2 is 2.00 bits per heavy atom. The van der Waals surface area contributed by atoms with E-state index >= 15 is 0 Å². The molecule has 2 N–H and O–H groups in total. The summed E-state index contributed by atoms with van der Waals surface area (Å²) in [5.41, 5.74) is -0.186. The van der Waals surface area contributed by atoms with Crippen LogP contribution < -0.4 is 10.1 Å². The number of likely N-dealkylation sites (N-methyl/N-ethyl adjacent to an activating group) is 1. The molecule has 0 fully saturated rings. The topological polar surface area (TPSA) is 41.5 Å². The summed E-state index contributed by atoms with van der Waals surface area (Å²) in [4.78, 5) is 0. The van der Waals surface area contributed by atoms with E-state index in [9.17, 15) is 5.11 Å². The van der Waals surface area contributed by atoms with Gasteiger partial charge in [0.15, 0.2) is 0 Å². The highest BCUT2D eigenvalue weighted by Crippen LogP contribution is 2.13. The Hall–Kier alpha value is -1.06. The molecule has 0 heterocycles. The Bertz CT molecular complexity index is 302. The van der Waals surface area contributed by atoms with E-state index in [0.717, 1.165) is 25.1 Å². The van der Waals surface area contributed by atoms with Crippen LogP contribution in [0.3, 0.4) is 0 Å². The van der Waals surface area contributed by atoms with E-state index in [-0.39, 0.29) is 12.1 Å². The van der Waals surface area contributed by atoms with Gasteiger partial charge in [0.05, 0.1) is 13.2 Å². The second-order valence-corrected chi connectivity index (χ2v) is 4.51. The smallest absolute Gasteiger partial charge is 0.119 e. The lowest BCUT2D eigenvalue weighted by Gasteiger charge is -2.28. The van der Waals surface area contributed by atoms with Crippen LogP contribution in [0.15, 0.2) is 30.3 Å². The SMILES string of the molecule is CCNC(C)(CO)CCCOc1ccccc1. The van der Waals surface area contributed by atoms with Crippen molar-refractivity contribution in [1.82, 2.24) is 5.32 Å². The Balaban J connectivity index is 2.23. The van der Waals surface area contributed by atoms with Crippen LogP contribution in [0.25, 0.3) is 0 Å². The van der Waals surface area contributed by atoms with Crippen LogP contribution in [-0.2, 0) is 0 Å². The van der Waals surface area contributed by atoms with Gasteiger partial charge >= 0.3 is 0 Å². The lowest BCUT2D eigenvalue weighted by molar-refractivity contribution is 0.158. The summed E-state index contributed by atoms with van der Waals surface area (Å²) in [6.45, 7) is 5.81. The van der Waals surface area contributed by atoms with Crippen molar-refractivity contribution < 1.29 is 9.84 Å². The van der Waals surface area contributed by atoms with Crippen LogP contribution in [0.4, 0.5) is 0 Å². The maximum absolute atomic E-state index is 9.33. The maximum atomic E-state index is 9.33. The van der Waals surface area contributed by atoms with Crippen molar-refractivity contribution in [3.8, 4) is 5.75 Å². The third-order valence-electron chi connectivity index (χ3n) is 2.84. The van der Waals surface area contributed by atoms with E-state index in [4.69, 9.17) is 4.74 Å². The number of benzene rings is 1. The van der Waals surface area contributed by atoms with Gasteiger partial charge in [-0.15, -0.1) is 0 Å². The molecule has 0 aliphatic heterocycles. The lowest BCUT2D eigenvalue weighted by atomic mass is 9.97. The third kappa shape index (κ3) is 5.20. The minimum atomic E-state index is -0.186. The average Bonchev–Trinajstić information content (AvgIpc) is 2.36. The molecule has 0 bridgehead atoms. The molecule has 0 aliphatic carbocycles. The minimum absolute atomic E-state index is 0.159. The van der Waals surface area contributed by atoms with E-state index in [1.54, 1.807) is 0 Å². The number of para-hydroxylation sites is 1. The zero-order chi connectivity index (χ0) is 12.6. The normalized spacial score (nSPS) is 14.3. The summed E-state index contributed by atoms with van der Waals surface area (Å²) in [6.07, 6.45) is 1.84. The molecule has 96 valence electrons. The van der Waals surface area contributed by atoms with Crippen molar-refractivity contribution in [1.29, 1.82) is 0 Å². The van der Waals surface area contributed by atoms with Gasteiger partial charge in [0.1, 0.15) is 5.75 Å². The fraction of sp³-hybridized carbons (Fsp3) is 0.571. The first-order valence-electron chi connectivity index (χ1n) is 6.24. The van der Waals surface area contributed by atoms with Crippen molar-refractivity contribution in [2.24, 2.45) is 0 Å². The molecule has 1 rings (SSSR count). The molecule has 0 aromatic heterocycles. The number of hydrogen-bond donors (Lipinski definition) is 2. The van der Waals surface area contributed by atoms with Crippen molar-refractivity contribution in [3.05, 3.63) is 30.3 Å². The zero-order valence-electron chi connectivity index (χ0n) is 10.8. The quantitative estimate of drug-likeness (QED) is 0.681. The van der Waals surface area contributed by atoms with Gasteiger partial charge in [0, 0.05) is 5.54 Å². The standard InChI is InChI=1S/C14H23NO2/c1-3-15-14(2,12-16)10-7-11-17-13-8-5-4-6-9-13/h4-6,8-9,15-16H,3,7,10-12H2,1-2H3. The van der Waals surface area contributed by atoms with Gasteiger partial charge in [-0.1, -0.05) is 25.1 Å². The van der Waals surface area contributed by atoms with Crippen molar-refractivity contribution in [2.75, 3.05) is 19.8 Å². The lowest BCUT2D eigenvalue weighted by Crippen LogP contribution is -2.45. The Kier molecular flexibility index (Phi) is 6.01. The van der Waals surface area contributed by atoms with Crippen LogP contribution in [0, 0.1) is 0 Å². The second-order valence-electron chi connectivity index (χ2n) is 4.51. The van der Waals surface area contributed by atoms with Gasteiger partial charge in [-0.2, -0.15) is 0 Å². The van der Waals surface area contributed by atoms with Crippen LogP contribution in [0.2, 0.25) is 0 Å². The molecule has 0 spiro atoms. The average molecular weight is 237 g/mol. The molecule has 3 nitrogen and oxygen atoms in total. The Morgan fingerprint density at radius 3 is 2.59 bits per heavy atom. The fourth-order valence-corrected chi connectivity index (χ4v) is 1.82. The molecule has 0 saturated heterocycles.